The fourth-order valence-electron chi connectivity index (χ4n) is 19.4. The van der Waals surface area contributed by atoms with E-state index in [1.807, 2.05) is 15.9 Å². The van der Waals surface area contributed by atoms with Crippen molar-refractivity contribution in [2.24, 2.45) is 29.6 Å². The van der Waals surface area contributed by atoms with Gasteiger partial charge in [-0.3, -0.25) is 33.9 Å². The number of carbonyl (C=O) groups is 4. The van der Waals surface area contributed by atoms with E-state index in [0.29, 0.717) is 164 Å². The minimum Gasteiger partial charge on any atom is -0.493 e. The lowest BCUT2D eigenvalue weighted by molar-refractivity contribution is -0.137. The van der Waals surface area contributed by atoms with Crippen LogP contribution in [0.25, 0.3) is 0 Å². The molecule has 7 aromatic carbocycles. The van der Waals surface area contributed by atoms with Crippen LogP contribution in [0.4, 0.5) is 61.5 Å². The molecule has 0 radical (unpaired) electrons. The number of ether oxygens (including phenoxy) is 8. The molecular formula is C95H106F14N4O12. The fraction of sp³-hybridized carbons (Fsp3) is 0.516. The third-order valence-electron chi connectivity index (χ3n) is 26.7. The number of ketones is 4. The maximum atomic E-state index is 15.7. The Balaban J connectivity index is 0.000000143. The second-order valence-corrected chi connectivity index (χ2v) is 34.9. The normalized spacial score (nSPS) is 21.4. The first-order valence-electron chi connectivity index (χ1n) is 42.4. The number of hydrogen-bond acceptors (Lipinski definition) is 16. The van der Waals surface area contributed by atoms with E-state index in [-0.39, 0.29) is 99.9 Å². The molecule has 4 atom stereocenters. The number of nitrogens with zero attached hydrogens (tertiary/aromatic N) is 4. The van der Waals surface area contributed by atoms with E-state index >= 15 is 17.6 Å². The lowest BCUT2D eigenvalue weighted by Crippen LogP contribution is -2.45. The molecule has 0 bridgehead atoms. The number of fused-ring (bicyclic) bond motifs is 4. The van der Waals surface area contributed by atoms with E-state index in [9.17, 15) is 63.1 Å². The second kappa shape index (κ2) is 39.0. The number of hydrogen-bond donors (Lipinski definition) is 0. The Morgan fingerprint density at radius 3 is 0.912 bits per heavy atom. The van der Waals surface area contributed by atoms with Crippen LogP contribution in [-0.2, 0) is 51.5 Å². The summed E-state index contributed by atoms with van der Waals surface area (Å²) < 4.78 is 239. The van der Waals surface area contributed by atoms with Crippen molar-refractivity contribution in [2.75, 3.05) is 116 Å². The van der Waals surface area contributed by atoms with Gasteiger partial charge in [-0.05, 0) is 222 Å². The number of alkyl halides is 7. The predicted octanol–water partition coefficient (Wildman–Crippen LogP) is 19.4. The summed E-state index contributed by atoms with van der Waals surface area (Å²) in [6.45, 7) is 4.87. The first-order valence-corrected chi connectivity index (χ1v) is 42.4. The van der Waals surface area contributed by atoms with Crippen molar-refractivity contribution >= 4 is 23.1 Å². The SMILES string of the molecule is COc1cc2c(cc1OC)C(=O)C(CC1(F)CCN(CC3CCC3)CC1)C2.COc1cc2c(cc1OC)C(=O)C(CC1(F)CCN(Cc3c(F)c(F)c(F)c(F)c3F)CC1)C2.COc1cc2c(cc1OC)C(=O)C(CC1(F)CCN(Cc3cc(F)cc(F)c3)CC1)C2.COc1cc2c(cc1OC)C(=O)C(CC1(F)CCN(Cc3cccc(C(F)(F)F)c3)CC1)C2. The van der Waals surface area contributed by atoms with Crippen LogP contribution in [0.3, 0.4) is 0 Å². The monoisotopic (exact) mass is 1760 g/mol. The number of carbonyl (C=O) groups excluding carboxylic acids is 4. The van der Waals surface area contributed by atoms with Crippen LogP contribution in [-0.4, -0.2) is 181 Å². The van der Waals surface area contributed by atoms with Crippen LogP contribution >= 0.6 is 0 Å². The van der Waals surface area contributed by atoms with Gasteiger partial charge in [0.25, 0.3) is 0 Å². The molecule has 4 saturated heterocycles. The molecule has 0 aromatic heterocycles. The molecule has 676 valence electrons. The number of methoxy groups -OCH3 is 8. The average Bonchev–Trinajstić information content (AvgIpc) is 1.74. The second-order valence-electron chi connectivity index (χ2n) is 34.9. The minimum atomic E-state index is -4.38. The summed E-state index contributed by atoms with van der Waals surface area (Å²) >= 11 is 0. The van der Waals surface area contributed by atoms with Gasteiger partial charge < -0.3 is 42.8 Å². The van der Waals surface area contributed by atoms with E-state index in [1.54, 1.807) is 69.9 Å². The van der Waals surface area contributed by atoms with Crippen molar-refractivity contribution in [1.82, 2.24) is 19.6 Å². The van der Waals surface area contributed by atoms with Crippen LogP contribution in [0.15, 0.2) is 91.0 Å². The minimum absolute atomic E-state index is 0.0263. The highest BCUT2D eigenvalue weighted by Crippen LogP contribution is 2.49. The summed E-state index contributed by atoms with van der Waals surface area (Å²) in [6, 6.07) is 22.6. The van der Waals surface area contributed by atoms with Crippen LogP contribution in [0, 0.1) is 70.3 Å². The highest BCUT2D eigenvalue weighted by atomic mass is 19.4. The Labute approximate surface area is 718 Å². The van der Waals surface area contributed by atoms with Crippen molar-refractivity contribution in [1.29, 1.82) is 0 Å². The molecular weight excluding hydrogens is 1660 g/mol. The Hall–Kier alpha value is -9.52. The van der Waals surface area contributed by atoms with Crippen LogP contribution < -0.4 is 37.9 Å². The topological polar surface area (TPSA) is 155 Å². The number of benzene rings is 7. The van der Waals surface area contributed by atoms with Crippen LogP contribution in [0.1, 0.15) is 182 Å². The van der Waals surface area contributed by atoms with E-state index < -0.39 is 105 Å². The summed E-state index contributed by atoms with van der Waals surface area (Å²) in [7, 11) is 12.2. The zero-order valence-corrected chi connectivity index (χ0v) is 71.4. The third kappa shape index (κ3) is 21.3. The van der Waals surface area contributed by atoms with Gasteiger partial charge in [-0.2, -0.15) is 13.2 Å². The number of halogens is 14. The summed E-state index contributed by atoms with van der Waals surface area (Å²) in [5, 5.41) is 0. The van der Waals surface area contributed by atoms with Gasteiger partial charge in [0.15, 0.2) is 92.4 Å². The number of Topliss-reactive ketones (excluding diaryl/α,β-unsaturated/α-hetero) is 4. The molecule has 4 aliphatic heterocycles. The predicted molar refractivity (Wildman–Crippen MR) is 439 cm³/mol. The Morgan fingerprint density at radius 1 is 0.344 bits per heavy atom. The van der Waals surface area contributed by atoms with Crippen LogP contribution in [0.2, 0.25) is 0 Å². The van der Waals surface area contributed by atoms with Crippen molar-refractivity contribution in [3.8, 4) is 46.0 Å². The molecule has 0 N–H and O–H groups in total. The maximum absolute atomic E-state index is 15.7. The van der Waals surface area contributed by atoms with Gasteiger partial charge in [0.05, 0.1) is 62.4 Å². The first kappa shape index (κ1) is 93.1. The average molecular weight is 1760 g/mol. The molecule has 5 aliphatic carbocycles. The molecule has 16 rings (SSSR count). The molecule has 4 heterocycles. The summed E-state index contributed by atoms with van der Waals surface area (Å²) in [6.07, 6.45) is 4.28. The first-order chi connectivity index (χ1) is 59.5. The molecule has 125 heavy (non-hydrogen) atoms. The molecule has 0 spiro atoms. The smallest absolute Gasteiger partial charge is 0.416 e. The molecule has 1 saturated carbocycles. The fourth-order valence-corrected chi connectivity index (χ4v) is 19.4. The zero-order valence-electron chi connectivity index (χ0n) is 71.4. The maximum Gasteiger partial charge on any atom is 0.416 e. The van der Waals surface area contributed by atoms with Gasteiger partial charge in [-0.1, -0.05) is 24.6 Å². The Kier molecular flexibility index (Phi) is 29.0. The van der Waals surface area contributed by atoms with Crippen molar-refractivity contribution in [3.05, 3.63) is 198 Å². The Morgan fingerprint density at radius 2 is 0.624 bits per heavy atom. The van der Waals surface area contributed by atoms with E-state index in [1.165, 1.54) is 77.9 Å². The molecule has 4 unspecified atom stereocenters. The molecule has 7 aromatic rings. The van der Waals surface area contributed by atoms with Gasteiger partial charge in [0, 0.05) is 136 Å². The molecule has 30 heteroatoms. The standard InChI is InChI=1S/C25H27F4NO3.C24H23F6NO3.C24H26F3NO3.C22H30FNO3/c1-32-21-12-17-11-18(23(31)20(17)13-22(21)33-2)14-24(26)6-8-30(9-7-24)15-16-4-3-5-19(10-16)25(27,28)29;1-33-16-8-12-7-13(23(32)14(12)9-17(16)34-2)10-24(30)3-5-31(6-4-24)11-15-18(25)20(27)22(29)21(28)19(15)26;1-30-21-10-16-9-17(23(29)20(16)12-22(21)31-2)13-24(27)3-5-28(6-4-24)14-15-7-18(25)11-19(26)8-15;1-26-19-11-16-10-17(21(25)18(16)12-20(19)27-2)13-22(23)6-8-24(9-7-22)14-15-4-3-5-15/h3-5,10,12-13,18H,6-9,11,14-15H2,1-2H3;8-9,13H,3-7,10-11H2,1-2H3;7-8,10-12,17H,3-6,9,13-14H2,1-2H3;11-12,15,17H,3-10,13-14H2,1-2H3. The van der Waals surface area contributed by atoms with Crippen molar-refractivity contribution < 1.29 is 119 Å². The number of piperidine rings is 4. The highest BCUT2D eigenvalue weighted by molar-refractivity contribution is 6.05. The summed E-state index contributed by atoms with van der Waals surface area (Å²) in [5.74, 6) is -8.15. The van der Waals surface area contributed by atoms with E-state index in [0.717, 1.165) is 66.0 Å². The Bertz CT molecular complexity index is 5040. The molecule has 5 fully saturated rings. The van der Waals surface area contributed by atoms with Crippen molar-refractivity contribution in [2.45, 2.75) is 170 Å². The van der Waals surface area contributed by atoms with Gasteiger partial charge in [-0.25, -0.2) is 48.3 Å². The highest BCUT2D eigenvalue weighted by Gasteiger charge is 2.48. The van der Waals surface area contributed by atoms with Gasteiger partial charge >= 0.3 is 6.18 Å². The number of rotatable bonds is 24. The van der Waals surface area contributed by atoms with E-state index in [4.69, 9.17) is 37.9 Å². The van der Waals surface area contributed by atoms with Gasteiger partial charge in [-0.15, -0.1) is 0 Å². The van der Waals surface area contributed by atoms with Gasteiger partial charge in [0.1, 0.15) is 34.3 Å². The van der Waals surface area contributed by atoms with E-state index in [2.05, 4.69) is 4.90 Å². The lowest BCUT2D eigenvalue weighted by Gasteiger charge is -2.40. The summed E-state index contributed by atoms with van der Waals surface area (Å²) in [4.78, 5) is 59.4. The summed E-state index contributed by atoms with van der Waals surface area (Å²) in [5.41, 5.74) is -0.649. The van der Waals surface area contributed by atoms with Crippen molar-refractivity contribution in [3.63, 3.8) is 0 Å². The lowest BCUT2D eigenvalue weighted by atomic mass is 9.81. The molecule has 9 aliphatic rings. The van der Waals surface area contributed by atoms with Gasteiger partial charge in [0.2, 0.25) is 5.82 Å². The third-order valence-corrected chi connectivity index (χ3v) is 26.7. The number of likely N-dealkylation sites (tertiary alicyclic amines) is 4. The zero-order chi connectivity index (χ0) is 89.8. The molecule has 0 amide bonds. The quantitative estimate of drug-likeness (QED) is 0.0320. The largest absolute Gasteiger partial charge is 0.493 e. The van der Waals surface area contributed by atoms with Crippen LogP contribution in [0.5, 0.6) is 46.0 Å². The molecule has 16 nitrogen and oxygen atoms in total.